The first-order chi connectivity index (χ1) is 10.9. The lowest BCUT2D eigenvalue weighted by molar-refractivity contribution is -0.0882. The van der Waals surface area contributed by atoms with Crippen LogP contribution in [-0.2, 0) is 6.42 Å². The molecule has 23 heavy (non-hydrogen) atoms. The van der Waals surface area contributed by atoms with E-state index in [0.29, 0.717) is 11.3 Å². The molecule has 0 fully saturated rings. The molecule has 1 N–H and O–H groups in total. The van der Waals surface area contributed by atoms with Crippen molar-refractivity contribution in [2.45, 2.75) is 25.1 Å². The molecule has 0 radical (unpaired) electrons. The summed E-state index contributed by atoms with van der Waals surface area (Å²) in [5, 5.41) is 2.82. The van der Waals surface area contributed by atoms with Crippen molar-refractivity contribution in [1.29, 1.82) is 0 Å². The molecule has 1 aliphatic rings. The minimum absolute atomic E-state index is 0.0991. The third kappa shape index (κ3) is 3.14. The predicted octanol–water partition coefficient (Wildman–Crippen LogP) is 3.91. The van der Waals surface area contributed by atoms with Crippen molar-refractivity contribution in [3.05, 3.63) is 57.3 Å². The number of carbonyl (C=O) groups excluding carboxylic acids is 2. The third-order valence-electron chi connectivity index (χ3n) is 3.75. The monoisotopic (exact) mass is 339 g/mol. The second-order valence-corrected chi connectivity index (χ2v) is 6.34. The van der Waals surface area contributed by atoms with Crippen LogP contribution in [0.1, 0.15) is 42.9 Å². The molecule has 3 rings (SSSR count). The predicted molar refractivity (Wildman–Crippen MR) is 79.7 cm³/mol. The zero-order valence-electron chi connectivity index (χ0n) is 11.8. The summed E-state index contributed by atoms with van der Waals surface area (Å²) in [6.45, 7) is 0. The molecular formula is C16H12F3NO2S. The van der Waals surface area contributed by atoms with Crippen molar-refractivity contribution in [2.24, 2.45) is 0 Å². The number of hydrogen-bond donors (Lipinski definition) is 1. The maximum atomic E-state index is 12.4. The van der Waals surface area contributed by atoms with Gasteiger partial charge in [0, 0.05) is 0 Å². The number of hydrogen-bond acceptors (Lipinski definition) is 3. The summed E-state index contributed by atoms with van der Waals surface area (Å²) in [5.41, 5.74) is 2.20. The van der Waals surface area contributed by atoms with E-state index < -0.39 is 22.7 Å². The van der Waals surface area contributed by atoms with Gasteiger partial charge >= 0.3 is 6.18 Å². The van der Waals surface area contributed by atoms with Crippen LogP contribution in [0, 0.1) is 0 Å². The van der Waals surface area contributed by atoms with Gasteiger partial charge in [-0.05, 0) is 36.1 Å². The maximum absolute atomic E-state index is 12.4. The average molecular weight is 339 g/mol. The Morgan fingerprint density at radius 2 is 1.78 bits per heavy atom. The number of halogens is 3. The van der Waals surface area contributed by atoms with E-state index in [1.807, 2.05) is 24.3 Å². The Kier molecular flexibility index (Phi) is 3.97. The van der Waals surface area contributed by atoms with Crippen LogP contribution in [0.3, 0.4) is 0 Å². The highest BCUT2D eigenvalue weighted by atomic mass is 32.1. The summed E-state index contributed by atoms with van der Waals surface area (Å²) in [6, 6.07) is 9.87. The minimum Gasteiger partial charge on any atom is -0.345 e. The van der Waals surface area contributed by atoms with Crippen LogP contribution in [0.4, 0.5) is 13.2 Å². The molecule has 0 saturated heterocycles. The Balaban J connectivity index is 1.73. The standard InChI is InChI=1S/C16H12F3NO2S/c17-16(18,19)14(21)12-7-8-13(23-12)15(22)20-11-6-5-9-3-1-2-4-10(9)11/h1-4,7-8,11H,5-6H2,(H,20,22)/t11-/m1/s1. The summed E-state index contributed by atoms with van der Waals surface area (Å²) < 4.78 is 37.2. The zero-order chi connectivity index (χ0) is 16.6. The maximum Gasteiger partial charge on any atom is 0.455 e. The van der Waals surface area contributed by atoms with E-state index in [1.165, 1.54) is 6.07 Å². The minimum atomic E-state index is -4.93. The van der Waals surface area contributed by atoms with E-state index in [9.17, 15) is 22.8 Å². The number of amides is 1. The van der Waals surface area contributed by atoms with Gasteiger partial charge in [-0.1, -0.05) is 24.3 Å². The van der Waals surface area contributed by atoms with Crippen LogP contribution >= 0.6 is 11.3 Å². The molecule has 120 valence electrons. The van der Waals surface area contributed by atoms with Crippen LogP contribution in [0.5, 0.6) is 0 Å². The van der Waals surface area contributed by atoms with Gasteiger partial charge in [-0.3, -0.25) is 9.59 Å². The number of nitrogens with one attached hydrogen (secondary N) is 1. The number of carbonyl (C=O) groups is 2. The molecular weight excluding hydrogens is 327 g/mol. The average Bonchev–Trinajstić information content (AvgIpc) is 3.13. The van der Waals surface area contributed by atoms with Gasteiger partial charge in [-0.2, -0.15) is 13.2 Å². The fourth-order valence-electron chi connectivity index (χ4n) is 2.66. The summed E-state index contributed by atoms with van der Waals surface area (Å²) in [6.07, 6.45) is -3.32. The fourth-order valence-corrected chi connectivity index (χ4v) is 3.53. The number of aryl methyl sites for hydroxylation is 1. The van der Waals surface area contributed by atoms with Gasteiger partial charge in [0.1, 0.15) is 0 Å². The Morgan fingerprint density at radius 1 is 1.09 bits per heavy atom. The molecule has 0 aliphatic heterocycles. The molecule has 3 nitrogen and oxygen atoms in total. The highest BCUT2D eigenvalue weighted by molar-refractivity contribution is 7.16. The van der Waals surface area contributed by atoms with E-state index in [4.69, 9.17) is 0 Å². The van der Waals surface area contributed by atoms with Crippen LogP contribution in [0.15, 0.2) is 36.4 Å². The van der Waals surface area contributed by atoms with E-state index in [1.54, 1.807) is 0 Å². The van der Waals surface area contributed by atoms with E-state index in [2.05, 4.69) is 5.32 Å². The number of Topliss-reactive ketones (excluding diaryl/α,β-unsaturated/α-hetero) is 1. The molecule has 0 unspecified atom stereocenters. The summed E-state index contributed by atoms with van der Waals surface area (Å²) >= 11 is 0.559. The zero-order valence-corrected chi connectivity index (χ0v) is 12.6. The fraction of sp³-hybridized carbons (Fsp3) is 0.250. The van der Waals surface area contributed by atoms with Gasteiger partial charge in [0.05, 0.1) is 15.8 Å². The number of thiophene rings is 1. The van der Waals surface area contributed by atoms with Crippen LogP contribution in [0.2, 0.25) is 0 Å². The van der Waals surface area contributed by atoms with Gasteiger partial charge < -0.3 is 5.32 Å². The van der Waals surface area contributed by atoms with Crippen LogP contribution in [-0.4, -0.2) is 17.9 Å². The normalized spacial score (nSPS) is 16.9. The number of rotatable bonds is 3. The molecule has 1 aromatic heterocycles. The molecule has 0 spiro atoms. The summed E-state index contributed by atoms with van der Waals surface area (Å²) in [7, 11) is 0. The highest BCUT2D eigenvalue weighted by Crippen LogP contribution is 2.32. The Morgan fingerprint density at radius 3 is 2.52 bits per heavy atom. The van der Waals surface area contributed by atoms with Gasteiger partial charge in [0.15, 0.2) is 0 Å². The molecule has 7 heteroatoms. The SMILES string of the molecule is O=C(N[C@@H]1CCc2ccccc21)c1ccc(C(=O)C(F)(F)F)s1. The second kappa shape index (κ2) is 5.81. The molecule has 1 heterocycles. The topological polar surface area (TPSA) is 46.2 Å². The van der Waals surface area contributed by atoms with Crippen molar-refractivity contribution in [3.8, 4) is 0 Å². The molecule has 1 amide bonds. The van der Waals surface area contributed by atoms with E-state index in [-0.39, 0.29) is 10.9 Å². The lowest BCUT2D eigenvalue weighted by atomic mass is 10.1. The quantitative estimate of drug-likeness (QED) is 0.862. The van der Waals surface area contributed by atoms with Crippen molar-refractivity contribution >= 4 is 23.0 Å². The van der Waals surface area contributed by atoms with Gasteiger partial charge in [0.2, 0.25) is 0 Å². The first-order valence-electron chi connectivity index (χ1n) is 6.96. The highest BCUT2D eigenvalue weighted by Gasteiger charge is 2.40. The van der Waals surface area contributed by atoms with E-state index in [0.717, 1.165) is 30.0 Å². The lowest BCUT2D eigenvalue weighted by Crippen LogP contribution is -2.26. The van der Waals surface area contributed by atoms with E-state index >= 15 is 0 Å². The first-order valence-corrected chi connectivity index (χ1v) is 7.78. The molecule has 1 aromatic carbocycles. The van der Waals surface area contributed by atoms with Crippen molar-refractivity contribution in [1.82, 2.24) is 5.32 Å². The van der Waals surface area contributed by atoms with Crippen molar-refractivity contribution < 1.29 is 22.8 Å². The summed E-state index contributed by atoms with van der Waals surface area (Å²) in [4.78, 5) is 23.0. The molecule has 0 saturated carbocycles. The Hall–Kier alpha value is -2.15. The van der Waals surface area contributed by atoms with Crippen LogP contribution < -0.4 is 5.32 Å². The second-order valence-electron chi connectivity index (χ2n) is 5.25. The largest absolute Gasteiger partial charge is 0.455 e. The molecule has 1 aliphatic carbocycles. The smallest absolute Gasteiger partial charge is 0.345 e. The molecule has 1 atom stereocenters. The number of fused-ring (bicyclic) bond motifs is 1. The van der Waals surface area contributed by atoms with Gasteiger partial charge in [-0.15, -0.1) is 11.3 Å². The van der Waals surface area contributed by atoms with Gasteiger partial charge in [-0.25, -0.2) is 0 Å². The first kappa shape index (κ1) is 15.7. The Labute approximate surface area is 134 Å². The number of alkyl halides is 3. The van der Waals surface area contributed by atoms with Gasteiger partial charge in [0.25, 0.3) is 11.7 Å². The lowest BCUT2D eigenvalue weighted by Gasteiger charge is -2.13. The number of benzene rings is 1. The third-order valence-corrected chi connectivity index (χ3v) is 4.83. The molecule has 0 bridgehead atoms. The summed E-state index contributed by atoms with van der Waals surface area (Å²) in [5.74, 6) is -2.38. The molecule has 2 aromatic rings. The Bertz CT molecular complexity index is 767. The van der Waals surface area contributed by atoms with Crippen molar-refractivity contribution in [3.63, 3.8) is 0 Å². The van der Waals surface area contributed by atoms with Crippen LogP contribution in [0.25, 0.3) is 0 Å². The van der Waals surface area contributed by atoms with Crippen molar-refractivity contribution in [2.75, 3.05) is 0 Å². The number of ketones is 1.